The third-order valence-corrected chi connectivity index (χ3v) is 1.88. The molecular weight excluding hydrogens is 162 g/mol. The normalized spacial score (nSPS) is 10.7. The highest BCUT2D eigenvalue weighted by atomic mass is 16.5. The maximum absolute atomic E-state index is 5.36. The summed E-state index contributed by atoms with van der Waals surface area (Å²) < 4.78 is 5.20. The summed E-state index contributed by atoms with van der Waals surface area (Å²) in [5.41, 5.74) is 7.62. The van der Waals surface area contributed by atoms with Gasteiger partial charge in [-0.3, -0.25) is 0 Å². The van der Waals surface area contributed by atoms with Gasteiger partial charge in [0.15, 0.2) is 0 Å². The molecular formula is C11H15NO. The Morgan fingerprint density at radius 1 is 1.46 bits per heavy atom. The molecule has 2 N–H and O–H groups in total. The summed E-state index contributed by atoms with van der Waals surface area (Å²) in [6, 6.07) is 6.08. The SMILES string of the molecule is COc1cc(/C=C/CN)ccc1C. The van der Waals surface area contributed by atoms with Gasteiger partial charge in [0.1, 0.15) is 5.75 Å². The lowest BCUT2D eigenvalue weighted by atomic mass is 10.1. The molecule has 1 aromatic rings. The Morgan fingerprint density at radius 3 is 2.85 bits per heavy atom. The van der Waals surface area contributed by atoms with Crippen LogP contribution in [-0.4, -0.2) is 13.7 Å². The van der Waals surface area contributed by atoms with Gasteiger partial charge in [-0.05, 0) is 24.1 Å². The van der Waals surface area contributed by atoms with Crippen molar-refractivity contribution < 1.29 is 4.74 Å². The highest BCUT2D eigenvalue weighted by molar-refractivity contribution is 5.53. The van der Waals surface area contributed by atoms with Gasteiger partial charge >= 0.3 is 0 Å². The van der Waals surface area contributed by atoms with Gasteiger partial charge in [0.25, 0.3) is 0 Å². The Hall–Kier alpha value is -1.28. The molecule has 0 fully saturated rings. The summed E-state index contributed by atoms with van der Waals surface area (Å²) in [6.07, 6.45) is 3.91. The van der Waals surface area contributed by atoms with Crippen LogP contribution in [0.15, 0.2) is 24.3 Å². The van der Waals surface area contributed by atoms with Crippen LogP contribution in [0.3, 0.4) is 0 Å². The molecule has 2 nitrogen and oxygen atoms in total. The zero-order valence-corrected chi connectivity index (χ0v) is 8.08. The maximum atomic E-state index is 5.36. The van der Waals surface area contributed by atoms with Crippen molar-refractivity contribution in [3.05, 3.63) is 35.4 Å². The molecule has 0 saturated heterocycles. The first-order valence-corrected chi connectivity index (χ1v) is 4.29. The number of aryl methyl sites for hydroxylation is 1. The van der Waals surface area contributed by atoms with Crippen LogP contribution in [0, 0.1) is 6.92 Å². The third-order valence-electron chi connectivity index (χ3n) is 1.88. The molecule has 0 spiro atoms. The number of hydrogen-bond acceptors (Lipinski definition) is 2. The summed E-state index contributed by atoms with van der Waals surface area (Å²) in [7, 11) is 1.68. The second-order valence-electron chi connectivity index (χ2n) is 2.87. The zero-order chi connectivity index (χ0) is 9.68. The average molecular weight is 177 g/mol. The van der Waals surface area contributed by atoms with Crippen molar-refractivity contribution in [2.24, 2.45) is 5.73 Å². The Bertz CT molecular complexity index is 305. The molecule has 0 aromatic heterocycles. The number of ether oxygens (including phenoxy) is 1. The third kappa shape index (κ3) is 2.60. The molecule has 70 valence electrons. The quantitative estimate of drug-likeness (QED) is 0.766. The van der Waals surface area contributed by atoms with Gasteiger partial charge < -0.3 is 10.5 Å². The second-order valence-corrected chi connectivity index (χ2v) is 2.87. The monoisotopic (exact) mass is 177 g/mol. The summed E-state index contributed by atoms with van der Waals surface area (Å²) in [5, 5.41) is 0. The number of benzene rings is 1. The van der Waals surface area contributed by atoms with Crippen LogP contribution in [0.4, 0.5) is 0 Å². The van der Waals surface area contributed by atoms with E-state index in [4.69, 9.17) is 10.5 Å². The van der Waals surface area contributed by atoms with Gasteiger partial charge in [-0.15, -0.1) is 0 Å². The predicted octanol–water partition coefficient (Wildman–Crippen LogP) is 1.98. The van der Waals surface area contributed by atoms with Gasteiger partial charge in [0.2, 0.25) is 0 Å². The Balaban J connectivity index is 2.92. The van der Waals surface area contributed by atoms with Crippen molar-refractivity contribution in [3.63, 3.8) is 0 Å². The van der Waals surface area contributed by atoms with E-state index < -0.39 is 0 Å². The molecule has 2 heteroatoms. The number of nitrogens with two attached hydrogens (primary N) is 1. The standard InChI is InChI=1S/C11H15NO/c1-9-5-6-10(4-3-7-12)8-11(9)13-2/h3-6,8H,7,12H2,1-2H3/b4-3+. The lowest BCUT2D eigenvalue weighted by molar-refractivity contribution is 0.411. The first-order chi connectivity index (χ1) is 6.27. The lowest BCUT2D eigenvalue weighted by Gasteiger charge is -2.04. The van der Waals surface area contributed by atoms with Crippen LogP contribution in [0.1, 0.15) is 11.1 Å². The van der Waals surface area contributed by atoms with E-state index in [-0.39, 0.29) is 0 Å². The fourth-order valence-corrected chi connectivity index (χ4v) is 1.14. The minimum absolute atomic E-state index is 0.566. The van der Waals surface area contributed by atoms with Gasteiger partial charge in [-0.25, -0.2) is 0 Å². The predicted molar refractivity (Wildman–Crippen MR) is 55.8 cm³/mol. The van der Waals surface area contributed by atoms with E-state index in [1.165, 1.54) is 0 Å². The molecule has 0 unspecified atom stereocenters. The van der Waals surface area contributed by atoms with Crippen LogP contribution < -0.4 is 10.5 Å². The smallest absolute Gasteiger partial charge is 0.122 e. The van der Waals surface area contributed by atoms with E-state index in [0.717, 1.165) is 16.9 Å². The summed E-state index contributed by atoms with van der Waals surface area (Å²) in [4.78, 5) is 0. The minimum Gasteiger partial charge on any atom is -0.496 e. The molecule has 13 heavy (non-hydrogen) atoms. The molecule has 0 aliphatic carbocycles. The fourth-order valence-electron chi connectivity index (χ4n) is 1.14. The van der Waals surface area contributed by atoms with Gasteiger partial charge in [0, 0.05) is 6.54 Å². The van der Waals surface area contributed by atoms with E-state index in [2.05, 4.69) is 0 Å². The first kappa shape index (κ1) is 9.81. The molecule has 0 aliphatic heterocycles. The number of hydrogen-bond donors (Lipinski definition) is 1. The highest BCUT2D eigenvalue weighted by Gasteiger charge is 1.96. The Morgan fingerprint density at radius 2 is 2.23 bits per heavy atom. The van der Waals surface area contributed by atoms with E-state index >= 15 is 0 Å². The van der Waals surface area contributed by atoms with Crippen molar-refractivity contribution in [3.8, 4) is 5.75 Å². The van der Waals surface area contributed by atoms with Crippen LogP contribution >= 0.6 is 0 Å². The van der Waals surface area contributed by atoms with E-state index in [9.17, 15) is 0 Å². The molecule has 0 atom stereocenters. The van der Waals surface area contributed by atoms with Crippen LogP contribution in [0.2, 0.25) is 0 Å². The molecule has 0 aliphatic rings. The molecule has 0 amide bonds. The van der Waals surface area contributed by atoms with Crippen LogP contribution in [0.25, 0.3) is 6.08 Å². The molecule has 0 heterocycles. The largest absolute Gasteiger partial charge is 0.496 e. The molecule has 0 radical (unpaired) electrons. The van der Waals surface area contributed by atoms with Gasteiger partial charge in [0.05, 0.1) is 7.11 Å². The average Bonchev–Trinajstić information content (AvgIpc) is 2.16. The Kier molecular flexibility index (Phi) is 3.53. The minimum atomic E-state index is 0.566. The summed E-state index contributed by atoms with van der Waals surface area (Å²) in [6.45, 7) is 2.59. The van der Waals surface area contributed by atoms with Crippen LogP contribution in [-0.2, 0) is 0 Å². The van der Waals surface area contributed by atoms with E-state index in [1.807, 2.05) is 37.3 Å². The molecule has 1 aromatic carbocycles. The lowest BCUT2D eigenvalue weighted by Crippen LogP contribution is -1.92. The van der Waals surface area contributed by atoms with Crippen molar-refractivity contribution in [2.75, 3.05) is 13.7 Å². The van der Waals surface area contributed by atoms with Crippen molar-refractivity contribution in [2.45, 2.75) is 6.92 Å². The molecule has 0 bridgehead atoms. The summed E-state index contributed by atoms with van der Waals surface area (Å²) >= 11 is 0. The second kappa shape index (κ2) is 4.67. The van der Waals surface area contributed by atoms with E-state index in [0.29, 0.717) is 6.54 Å². The van der Waals surface area contributed by atoms with Gasteiger partial charge in [-0.1, -0.05) is 24.3 Å². The number of methoxy groups -OCH3 is 1. The highest BCUT2D eigenvalue weighted by Crippen LogP contribution is 2.19. The van der Waals surface area contributed by atoms with Crippen molar-refractivity contribution in [1.29, 1.82) is 0 Å². The van der Waals surface area contributed by atoms with Crippen molar-refractivity contribution in [1.82, 2.24) is 0 Å². The topological polar surface area (TPSA) is 35.2 Å². The first-order valence-electron chi connectivity index (χ1n) is 4.29. The number of rotatable bonds is 3. The maximum Gasteiger partial charge on any atom is 0.122 e. The molecule has 1 rings (SSSR count). The molecule has 0 saturated carbocycles. The van der Waals surface area contributed by atoms with Crippen LogP contribution in [0.5, 0.6) is 5.75 Å². The van der Waals surface area contributed by atoms with Crippen molar-refractivity contribution >= 4 is 6.08 Å². The fraction of sp³-hybridized carbons (Fsp3) is 0.273. The van der Waals surface area contributed by atoms with Gasteiger partial charge in [-0.2, -0.15) is 0 Å². The Labute approximate surface area is 79.0 Å². The summed E-state index contributed by atoms with van der Waals surface area (Å²) in [5.74, 6) is 0.916. The van der Waals surface area contributed by atoms with E-state index in [1.54, 1.807) is 7.11 Å². The zero-order valence-electron chi connectivity index (χ0n) is 8.08.